The van der Waals surface area contributed by atoms with Crippen LogP contribution in [-0.4, -0.2) is 14.8 Å². The zero-order valence-electron chi connectivity index (χ0n) is 10.4. The standard InChI is InChI=1S/C13H14N4O/c1-10(2)17-8-13(7-16-17)18-9-11-3-4-15-12(5-11)6-14/h3-5,7-8,10H,9H2,1-2H3. The molecule has 0 atom stereocenters. The van der Waals surface area contributed by atoms with Gasteiger partial charge in [0.25, 0.3) is 0 Å². The van der Waals surface area contributed by atoms with Crippen molar-refractivity contribution in [1.82, 2.24) is 14.8 Å². The molecule has 0 aliphatic rings. The van der Waals surface area contributed by atoms with E-state index in [1.807, 2.05) is 23.0 Å². The first-order chi connectivity index (χ1) is 8.69. The fourth-order valence-electron chi connectivity index (χ4n) is 1.47. The van der Waals surface area contributed by atoms with E-state index < -0.39 is 0 Å². The Kier molecular flexibility index (Phi) is 3.58. The minimum atomic E-state index is 0.313. The smallest absolute Gasteiger partial charge is 0.157 e. The van der Waals surface area contributed by atoms with E-state index in [0.29, 0.717) is 18.3 Å². The maximum atomic E-state index is 8.75. The van der Waals surface area contributed by atoms with Crippen molar-refractivity contribution in [1.29, 1.82) is 5.26 Å². The number of ether oxygens (including phenoxy) is 1. The Hall–Kier alpha value is -2.35. The van der Waals surface area contributed by atoms with Crippen LogP contribution in [0.2, 0.25) is 0 Å². The van der Waals surface area contributed by atoms with E-state index in [1.54, 1.807) is 18.5 Å². The lowest BCUT2D eigenvalue weighted by Crippen LogP contribution is -2.00. The second-order valence-electron chi connectivity index (χ2n) is 4.20. The summed E-state index contributed by atoms with van der Waals surface area (Å²) in [6.07, 6.45) is 5.15. The Morgan fingerprint density at radius 1 is 1.50 bits per heavy atom. The molecule has 18 heavy (non-hydrogen) atoms. The highest BCUT2D eigenvalue weighted by molar-refractivity contribution is 5.25. The van der Waals surface area contributed by atoms with Crippen LogP contribution in [0.1, 0.15) is 31.1 Å². The molecule has 0 aliphatic heterocycles. The van der Waals surface area contributed by atoms with Crippen LogP contribution < -0.4 is 4.74 Å². The van der Waals surface area contributed by atoms with Crippen molar-refractivity contribution in [2.24, 2.45) is 0 Å². The summed E-state index contributed by atoms with van der Waals surface area (Å²) in [6, 6.07) is 5.86. The van der Waals surface area contributed by atoms with Crippen LogP contribution in [0.4, 0.5) is 0 Å². The van der Waals surface area contributed by atoms with Gasteiger partial charge in [-0.25, -0.2) is 4.98 Å². The Labute approximate surface area is 106 Å². The van der Waals surface area contributed by atoms with E-state index in [0.717, 1.165) is 11.3 Å². The molecule has 0 radical (unpaired) electrons. The average molecular weight is 242 g/mol. The molecule has 2 aromatic heterocycles. The van der Waals surface area contributed by atoms with Gasteiger partial charge in [0.05, 0.1) is 12.4 Å². The molecular formula is C13H14N4O. The molecule has 2 heterocycles. The largest absolute Gasteiger partial charge is 0.486 e. The van der Waals surface area contributed by atoms with Gasteiger partial charge in [-0.2, -0.15) is 10.4 Å². The van der Waals surface area contributed by atoms with Gasteiger partial charge in [0.2, 0.25) is 0 Å². The zero-order chi connectivity index (χ0) is 13.0. The van der Waals surface area contributed by atoms with E-state index in [2.05, 4.69) is 23.9 Å². The zero-order valence-corrected chi connectivity index (χ0v) is 10.4. The van der Waals surface area contributed by atoms with Crippen molar-refractivity contribution in [3.8, 4) is 11.8 Å². The number of hydrogen-bond donors (Lipinski definition) is 0. The van der Waals surface area contributed by atoms with Gasteiger partial charge in [-0.05, 0) is 31.5 Å². The van der Waals surface area contributed by atoms with Crippen LogP contribution in [0.15, 0.2) is 30.7 Å². The number of pyridine rings is 1. The van der Waals surface area contributed by atoms with Crippen molar-refractivity contribution in [2.45, 2.75) is 26.5 Å². The first kappa shape index (κ1) is 12.1. The summed E-state index contributed by atoms with van der Waals surface area (Å²) in [7, 11) is 0. The minimum absolute atomic E-state index is 0.313. The van der Waals surface area contributed by atoms with Crippen molar-refractivity contribution in [3.63, 3.8) is 0 Å². The van der Waals surface area contributed by atoms with Gasteiger partial charge in [-0.1, -0.05) is 0 Å². The van der Waals surface area contributed by atoms with E-state index >= 15 is 0 Å². The summed E-state index contributed by atoms with van der Waals surface area (Å²) >= 11 is 0. The first-order valence-electron chi connectivity index (χ1n) is 5.71. The van der Waals surface area contributed by atoms with Gasteiger partial charge in [0.15, 0.2) is 5.75 Å². The maximum absolute atomic E-state index is 8.75. The van der Waals surface area contributed by atoms with Crippen molar-refractivity contribution in [3.05, 3.63) is 42.0 Å². The molecule has 0 amide bonds. The van der Waals surface area contributed by atoms with Gasteiger partial charge in [-0.15, -0.1) is 0 Å². The van der Waals surface area contributed by atoms with Crippen molar-refractivity contribution in [2.75, 3.05) is 0 Å². The first-order valence-corrected chi connectivity index (χ1v) is 5.71. The third-order valence-electron chi connectivity index (χ3n) is 2.45. The van der Waals surface area contributed by atoms with E-state index in [9.17, 15) is 0 Å². The van der Waals surface area contributed by atoms with Gasteiger partial charge in [0.1, 0.15) is 18.4 Å². The van der Waals surface area contributed by atoms with Gasteiger partial charge >= 0.3 is 0 Å². The number of nitriles is 1. The highest BCUT2D eigenvalue weighted by Crippen LogP contribution is 2.14. The number of nitrogens with zero attached hydrogens (tertiary/aromatic N) is 4. The van der Waals surface area contributed by atoms with E-state index in [1.165, 1.54) is 0 Å². The topological polar surface area (TPSA) is 63.7 Å². The second-order valence-corrected chi connectivity index (χ2v) is 4.20. The molecule has 0 fully saturated rings. The molecule has 5 heteroatoms. The quantitative estimate of drug-likeness (QED) is 0.825. The summed E-state index contributed by atoms with van der Waals surface area (Å²) in [6.45, 7) is 4.51. The number of aromatic nitrogens is 3. The lowest BCUT2D eigenvalue weighted by Gasteiger charge is -2.04. The van der Waals surface area contributed by atoms with Crippen LogP contribution >= 0.6 is 0 Å². The lowest BCUT2D eigenvalue weighted by atomic mass is 10.2. The molecule has 0 saturated carbocycles. The Balaban J connectivity index is 2.00. The normalized spacial score (nSPS) is 10.3. The Bertz CT molecular complexity index is 568. The summed E-state index contributed by atoms with van der Waals surface area (Å²) in [5, 5.41) is 12.9. The summed E-state index contributed by atoms with van der Waals surface area (Å²) < 4.78 is 7.44. The molecule has 2 aromatic rings. The molecule has 0 spiro atoms. The lowest BCUT2D eigenvalue weighted by molar-refractivity contribution is 0.305. The van der Waals surface area contributed by atoms with Crippen LogP contribution in [0.5, 0.6) is 5.75 Å². The maximum Gasteiger partial charge on any atom is 0.157 e. The molecule has 0 N–H and O–H groups in total. The summed E-state index contributed by atoms with van der Waals surface area (Å²) in [5.41, 5.74) is 1.31. The van der Waals surface area contributed by atoms with Crippen LogP contribution in [0.3, 0.4) is 0 Å². The molecule has 0 aromatic carbocycles. The highest BCUT2D eigenvalue weighted by atomic mass is 16.5. The molecule has 0 saturated heterocycles. The monoisotopic (exact) mass is 242 g/mol. The summed E-state index contributed by atoms with van der Waals surface area (Å²) in [5.74, 6) is 0.721. The fraction of sp³-hybridized carbons (Fsp3) is 0.308. The fourth-order valence-corrected chi connectivity index (χ4v) is 1.47. The Morgan fingerprint density at radius 2 is 2.33 bits per heavy atom. The van der Waals surface area contributed by atoms with E-state index in [4.69, 9.17) is 10.00 Å². The minimum Gasteiger partial charge on any atom is -0.486 e. The third-order valence-corrected chi connectivity index (χ3v) is 2.45. The van der Waals surface area contributed by atoms with Gasteiger partial charge in [-0.3, -0.25) is 4.68 Å². The average Bonchev–Trinajstić information content (AvgIpc) is 2.85. The predicted molar refractivity (Wildman–Crippen MR) is 65.9 cm³/mol. The highest BCUT2D eigenvalue weighted by Gasteiger charge is 2.03. The third kappa shape index (κ3) is 2.86. The number of hydrogen-bond acceptors (Lipinski definition) is 4. The van der Waals surface area contributed by atoms with Crippen molar-refractivity contribution < 1.29 is 4.74 Å². The SMILES string of the molecule is CC(C)n1cc(OCc2ccnc(C#N)c2)cn1. The summed E-state index contributed by atoms with van der Waals surface area (Å²) in [4.78, 5) is 3.91. The van der Waals surface area contributed by atoms with Crippen molar-refractivity contribution >= 4 is 0 Å². The molecular weight excluding hydrogens is 228 g/mol. The van der Waals surface area contributed by atoms with E-state index in [-0.39, 0.29) is 0 Å². The van der Waals surface area contributed by atoms with Crippen LogP contribution in [0.25, 0.3) is 0 Å². The van der Waals surface area contributed by atoms with Gasteiger partial charge in [0, 0.05) is 12.2 Å². The molecule has 0 unspecified atom stereocenters. The molecule has 0 aliphatic carbocycles. The molecule has 92 valence electrons. The molecule has 2 rings (SSSR count). The number of rotatable bonds is 4. The predicted octanol–water partition coefficient (Wildman–Crippen LogP) is 2.31. The van der Waals surface area contributed by atoms with Crippen LogP contribution in [0, 0.1) is 11.3 Å². The molecule has 5 nitrogen and oxygen atoms in total. The van der Waals surface area contributed by atoms with Crippen LogP contribution in [-0.2, 0) is 6.61 Å². The molecule has 0 bridgehead atoms. The van der Waals surface area contributed by atoms with Gasteiger partial charge < -0.3 is 4.74 Å². The second kappa shape index (κ2) is 5.32. The Morgan fingerprint density at radius 3 is 3.00 bits per heavy atom.